The molecule has 0 bridgehead atoms. The van der Waals surface area contributed by atoms with E-state index >= 15 is 0 Å². The molecule has 5 heteroatoms. The standard InChI is InChI=1S/C13H20N2O3/c1-3-18-13(6-4-5-7-13)11(16)10-12(17-2)15-9-8-14-10/h8-9,11,16H,3-7H2,1-2H3. The topological polar surface area (TPSA) is 64.5 Å². The fourth-order valence-electron chi connectivity index (χ4n) is 2.69. The van der Waals surface area contributed by atoms with Crippen molar-refractivity contribution in [3.63, 3.8) is 0 Å². The molecule has 2 rings (SSSR count). The van der Waals surface area contributed by atoms with E-state index in [0.29, 0.717) is 18.2 Å². The zero-order valence-electron chi connectivity index (χ0n) is 10.9. The number of hydrogen-bond acceptors (Lipinski definition) is 5. The summed E-state index contributed by atoms with van der Waals surface area (Å²) in [5, 5.41) is 10.6. The summed E-state index contributed by atoms with van der Waals surface area (Å²) in [6.45, 7) is 2.53. The third-order valence-corrected chi connectivity index (χ3v) is 3.52. The highest BCUT2D eigenvalue weighted by molar-refractivity contribution is 5.23. The van der Waals surface area contributed by atoms with Gasteiger partial charge >= 0.3 is 0 Å². The fourth-order valence-corrected chi connectivity index (χ4v) is 2.69. The van der Waals surface area contributed by atoms with Gasteiger partial charge in [-0.05, 0) is 19.8 Å². The number of nitrogens with zero attached hydrogens (tertiary/aromatic N) is 2. The summed E-state index contributed by atoms with van der Waals surface area (Å²) in [6.07, 6.45) is 6.17. The van der Waals surface area contributed by atoms with Gasteiger partial charge in [-0.1, -0.05) is 12.8 Å². The van der Waals surface area contributed by atoms with E-state index in [1.807, 2.05) is 6.92 Å². The lowest BCUT2D eigenvalue weighted by atomic mass is 9.92. The third kappa shape index (κ3) is 2.33. The molecular weight excluding hydrogens is 232 g/mol. The highest BCUT2D eigenvalue weighted by Gasteiger charge is 2.44. The van der Waals surface area contributed by atoms with E-state index in [1.54, 1.807) is 12.4 Å². The van der Waals surface area contributed by atoms with E-state index in [4.69, 9.17) is 9.47 Å². The van der Waals surface area contributed by atoms with Crippen LogP contribution in [0, 0.1) is 0 Å². The maximum absolute atomic E-state index is 10.6. The van der Waals surface area contributed by atoms with Crippen molar-refractivity contribution in [2.45, 2.75) is 44.3 Å². The lowest BCUT2D eigenvalue weighted by molar-refractivity contribution is -0.120. The van der Waals surface area contributed by atoms with Crippen LogP contribution >= 0.6 is 0 Å². The maximum Gasteiger partial charge on any atom is 0.238 e. The van der Waals surface area contributed by atoms with E-state index in [1.165, 1.54) is 7.11 Å². The van der Waals surface area contributed by atoms with Crippen molar-refractivity contribution in [1.82, 2.24) is 9.97 Å². The molecule has 1 aliphatic rings. The molecule has 0 amide bonds. The largest absolute Gasteiger partial charge is 0.480 e. The van der Waals surface area contributed by atoms with Crippen LogP contribution in [0.25, 0.3) is 0 Å². The molecule has 1 atom stereocenters. The molecule has 18 heavy (non-hydrogen) atoms. The molecule has 1 unspecified atom stereocenters. The number of methoxy groups -OCH3 is 1. The quantitative estimate of drug-likeness (QED) is 0.866. The molecule has 0 spiro atoms. The molecule has 100 valence electrons. The highest BCUT2D eigenvalue weighted by atomic mass is 16.5. The minimum atomic E-state index is -0.788. The summed E-state index contributed by atoms with van der Waals surface area (Å²) in [4.78, 5) is 8.28. The minimum absolute atomic E-state index is 0.371. The predicted molar refractivity (Wildman–Crippen MR) is 66.4 cm³/mol. The second-order valence-electron chi connectivity index (χ2n) is 4.56. The second kappa shape index (κ2) is 5.63. The summed E-state index contributed by atoms with van der Waals surface area (Å²) >= 11 is 0. The van der Waals surface area contributed by atoms with Crippen LogP contribution in [0.2, 0.25) is 0 Å². The van der Waals surface area contributed by atoms with Gasteiger partial charge in [0.2, 0.25) is 5.88 Å². The molecule has 1 heterocycles. The minimum Gasteiger partial charge on any atom is -0.480 e. The molecule has 1 aliphatic carbocycles. The molecule has 1 aromatic heterocycles. The third-order valence-electron chi connectivity index (χ3n) is 3.52. The van der Waals surface area contributed by atoms with Gasteiger partial charge in [0, 0.05) is 19.0 Å². The SMILES string of the molecule is CCOC1(C(O)c2nccnc2OC)CCCC1. The molecule has 0 aliphatic heterocycles. The van der Waals surface area contributed by atoms with E-state index in [-0.39, 0.29) is 0 Å². The summed E-state index contributed by atoms with van der Waals surface area (Å²) < 4.78 is 11.0. The van der Waals surface area contributed by atoms with Gasteiger partial charge in [0.15, 0.2) is 0 Å². The first-order chi connectivity index (χ1) is 8.73. The number of rotatable bonds is 5. The number of aliphatic hydroxyl groups is 1. The molecule has 1 N–H and O–H groups in total. The highest BCUT2D eigenvalue weighted by Crippen LogP contribution is 2.43. The van der Waals surface area contributed by atoms with Crippen LogP contribution in [0.4, 0.5) is 0 Å². The van der Waals surface area contributed by atoms with Crippen LogP contribution in [0.3, 0.4) is 0 Å². The lowest BCUT2D eigenvalue weighted by Crippen LogP contribution is -2.37. The zero-order valence-corrected chi connectivity index (χ0v) is 10.9. The van der Waals surface area contributed by atoms with Crippen molar-refractivity contribution < 1.29 is 14.6 Å². The van der Waals surface area contributed by atoms with Crippen LogP contribution < -0.4 is 4.74 Å². The van der Waals surface area contributed by atoms with Gasteiger partial charge in [0.25, 0.3) is 0 Å². The molecule has 5 nitrogen and oxygen atoms in total. The van der Waals surface area contributed by atoms with Crippen molar-refractivity contribution in [2.75, 3.05) is 13.7 Å². The van der Waals surface area contributed by atoms with Crippen molar-refractivity contribution >= 4 is 0 Å². The number of hydrogen-bond donors (Lipinski definition) is 1. The van der Waals surface area contributed by atoms with Gasteiger partial charge in [-0.15, -0.1) is 0 Å². The van der Waals surface area contributed by atoms with Gasteiger partial charge in [0.05, 0.1) is 12.7 Å². The molecule has 0 aromatic carbocycles. The molecule has 0 saturated heterocycles. The Labute approximate surface area is 107 Å². The van der Waals surface area contributed by atoms with Crippen LogP contribution in [0.5, 0.6) is 5.88 Å². The number of aliphatic hydroxyl groups excluding tert-OH is 1. The van der Waals surface area contributed by atoms with Crippen molar-refractivity contribution in [2.24, 2.45) is 0 Å². The average molecular weight is 252 g/mol. The average Bonchev–Trinajstić information content (AvgIpc) is 2.88. The Balaban J connectivity index is 2.30. The first-order valence-corrected chi connectivity index (χ1v) is 6.40. The van der Waals surface area contributed by atoms with E-state index in [9.17, 15) is 5.11 Å². The fraction of sp³-hybridized carbons (Fsp3) is 0.692. The van der Waals surface area contributed by atoms with E-state index in [2.05, 4.69) is 9.97 Å². The number of aromatic nitrogens is 2. The van der Waals surface area contributed by atoms with E-state index in [0.717, 1.165) is 25.7 Å². The maximum atomic E-state index is 10.6. The Morgan fingerprint density at radius 1 is 1.33 bits per heavy atom. The monoisotopic (exact) mass is 252 g/mol. The normalized spacial score (nSPS) is 19.7. The summed E-state index contributed by atoms with van der Waals surface area (Å²) in [7, 11) is 1.53. The zero-order chi connectivity index (χ0) is 13.0. The molecule has 1 fully saturated rings. The molecule has 1 aromatic rings. The molecule has 0 radical (unpaired) electrons. The Morgan fingerprint density at radius 3 is 2.61 bits per heavy atom. The van der Waals surface area contributed by atoms with Gasteiger partial charge in [-0.25, -0.2) is 4.98 Å². The number of ether oxygens (including phenoxy) is 2. The summed E-state index contributed by atoms with van der Waals surface area (Å²) in [5.74, 6) is 0.371. The van der Waals surface area contributed by atoms with Gasteiger partial charge in [0.1, 0.15) is 11.8 Å². The first-order valence-electron chi connectivity index (χ1n) is 6.40. The first kappa shape index (κ1) is 13.2. The van der Waals surface area contributed by atoms with Crippen molar-refractivity contribution in [3.8, 4) is 5.88 Å². The van der Waals surface area contributed by atoms with Gasteiger partial charge < -0.3 is 14.6 Å². The molecular formula is C13H20N2O3. The van der Waals surface area contributed by atoms with Crippen molar-refractivity contribution in [3.05, 3.63) is 18.1 Å². The Bertz CT molecular complexity index is 392. The van der Waals surface area contributed by atoms with Crippen LogP contribution in [0.15, 0.2) is 12.4 Å². The van der Waals surface area contributed by atoms with Crippen molar-refractivity contribution in [1.29, 1.82) is 0 Å². The van der Waals surface area contributed by atoms with Crippen LogP contribution in [-0.2, 0) is 4.74 Å². The van der Waals surface area contributed by atoms with Gasteiger partial charge in [-0.2, -0.15) is 0 Å². The predicted octanol–water partition coefficient (Wildman–Crippen LogP) is 1.87. The Hall–Kier alpha value is -1.20. The summed E-state index contributed by atoms with van der Waals surface area (Å²) in [6, 6.07) is 0. The summed E-state index contributed by atoms with van der Waals surface area (Å²) in [5.41, 5.74) is -0.0618. The van der Waals surface area contributed by atoms with Crippen LogP contribution in [0.1, 0.15) is 44.4 Å². The van der Waals surface area contributed by atoms with Gasteiger partial charge in [-0.3, -0.25) is 4.98 Å². The molecule has 1 saturated carbocycles. The van der Waals surface area contributed by atoms with Crippen LogP contribution in [-0.4, -0.2) is 34.4 Å². The Morgan fingerprint density at radius 2 is 2.00 bits per heavy atom. The Kier molecular flexibility index (Phi) is 4.14. The second-order valence-corrected chi connectivity index (χ2v) is 4.56. The lowest BCUT2D eigenvalue weighted by Gasteiger charge is -2.33. The van der Waals surface area contributed by atoms with E-state index < -0.39 is 11.7 Å². The smallest absolute Gasteiger partial charge is 0.238 e.